The lowest BCUT2D eigenvalue weighted by Crippen LogP contribution is -2.23. The molecule has 0 saturated heterocycles. The summed E-state index contributed by atoms with van der Waals surface area (Å²) in [6.45, 7) is 4.26. The zero-order chi connectivity index (χ0) is 41.8. The van der Waals surface area contributed by atoms with Crippen LogP contribution in [0.25, 0.3) is 0 Å². The summed E-state index contributed by atoms with van der Waals surface area (Å²) in [6, 6.07) is 47.5. The van der Waals surface area contributed by atoms with Gasteiger partial charge in [-0.25, -0.2) is 0 Å². The number of aryl methyl sites for hydroxylation is 1. The van der Waals surface area contributed by atoms with Crippen LogP contribution in [0.2, 0.25) is 0 Å². The molecule has 0 fully saturated rings. The maximum atomic E-state index is 12.8. The van der Waals surface area contributed by atoms with Crippen molar-refractivity contribution in [3.63, 3.8) is 0 Å². The van der Waals surface area contributed by atoms with Crippen molar-refractivity contribution in [1.82, 2.24) is 19.6 Å². The molecule has 0 bridgehead atoms. The summed E-state index contributed by atoms with van der Waals surface area (Å²) in [7, 11) is 8.18. The number of carbonyl (C=O) groups excluding carboxylic acids is 2. The van der Waals surface area contributed by atoms with E-state index in [1.54, 1.807) is 0 Å². The van der Waals surface area contributed by atoms with Crippen molar-refractivity contribution in [2.45, 2.75) is 39.0 Å². The Bertz CT molecular complexity index is 2440. The lowest BCUT2D eigenvalue weighted by Gasteiger charge is -2.16. The quantitative estimate of drug-likeness (QED) is 0.109. The van der Waals surface area contributed by atoms with Crippen molar-refractivity contribution in [2.24, 2.45) is 0 Å². The highest BCUT2D eigenvalue weighted by atomic mass is 16.5. The van der Waals surface area contributed by atoms with Crippen LogP contribution in [0.15, 0.2) is 146 Å². The second-order valence-electron chi connectivity index (χ2n) is 15.8. The van der Waals surface area contributed by atoms with E-state index >= 15 is 0 Å². The molecule has 0 saturated carbocycles. The van der Waals surface area contributed by atoms with Gasteiger partial charge in [-0.2, -0.15) is 0 Å². The van der Waals surface area contributed by atoms with Crippen LogP contribution in [0.5, 0.6) is 23.0 Å². The van der Waals surface area contributed by atoms with Gasteiger partial charge in [0.05, 0.1) is 6.54 Å². The van der Waals surface area contributed by atoms with Gasteiger partial charge in [0.2, 0.25) is 0 Å². The molecule has 6 aromatic carbocycles. The molecule has 8 rings (SSSR count). The molecule has 2 aliphatic rings. The van der Waals surface area contributed by atoms with Gasteiger partial charge in [-0.1, -0.05) is 84.6 Å². The predicted molar refractivity (Wildman–Crippen MR) is 238 cm³/mol. The van der Waals surface area contributed by atoms with Crippen molar-refractivity contribution < 1.29 is 19.1 Å². The van der Waals surface area contributed by atoms with E-state index in [1.165, 1.54) is 5.56 Å². The SMILES string of the molecule is CN(C)CC#Cc1ccc2c(c1)CN(Cc1ccc(Oc3ccccc3)cc1)C2=O.CN(C)CCCc1ccc2c(c1)CN(Cc1ccc(Oc3ccccc3)cc1)C2=O. The first-order valence-corrected chi connectivity index (χ1v) is 20.4. The lowest BCUT2D eigenvalue weighted by atomic mass is 10.0. The largest absolute Gasteiger partial charge is 0.457 e. The Morgan fingerprint density at radius 3 is 1.50 bits per heavy atom. The van der Waals surface area contributed by atoms with Crippen molar-refractivity contribution in [1.29, 1.82) is 0 Å². The highest BCUT2D eigenvalue weighted by Crippen LogP contribution is 2.29. The lowest BCUT2D eigenvalue weighted by molar-refractivity contribution is 0.0759. The monoisotopic (exact) mass is 796 g/mol. The Hall–Kier alpha value is -6.66. The summed E-state index contributed by atoms with van der Waals surface area (Å²) >= 11 is 0. The Kier molecular flexibility index (Phi) is 13.7. The van der Waals surface area contributed by atoms with Crippen molar-refractivity contribution >= 4 is 11.8 Å². The van der Waals surface area contributed by atoms with E-state index in [0.29, 0.717) is 32.7 Å². The number of para-hydroxylation sites is 2. The molecule has 2 amide bonds. The molecule has 2 heterocycles. The number of ether oxygens (including phenoxy) is 2. The summed E-state index contributed by atoms with van der Waals surface area (Å²) in [5.41, 5.74) is 8.24. The van der Waals surface area contributed by atoms with Gasteiger partial charge < -0.3 is 24.2 Å². The predicted octanol–water partition coefficient (Wildman–Crippen LogP) is 9.68. The van der Waals surface area contributed by atoms with E-state index in [1.807, 2.05) is 162 Å². The van der Waals surface area contributed by atoms with Crippen molar-refractivity contribution in [2.75, 3.05) is 41.3 Å². The number of benzene rings is 6. The van der Waals surface area contributed by atoms with Gasteiger partial charge in [0.15, 0.2) is 0 Å². The van der Waals surface area contributed by atoms with E-state index in [9.17, 15) is 9.59 Å². The fourth-order valence-electron chi connectivity index (χ4n) is 7.22. The third-order valence-electron chi connectivity index (χ3n) is 10.3. The van der Waals surface area contributed by atoms with Crippen LogP contribution in [0, 0.1) is 11.8 Å². The number of carbonyl (C=O) groups is 2. The maximum Gasteiger partial charge on any atom is 0.254 e. The third kappa shape index (κ3) is 11.3. The van der Waals surface area contributed by atoms with Crippen LogP contribution in [-0.2, 0) is 32.6 Å². The molecule has 0 aliphatic carbocycles. The van der Waals surface area contributed by atoms with Gasteiger partial charge in [0.25, 0.3) is 11.8 Å². The Morgan fingerprint density at radius 2 is 1.00 bits per heavy atom. The minimum atomic E-state index is 0.0717. The van der Waals surface area contributed by atoms with Crippen molar-refractivity contribution in [3.05, 3.63) is 190 Å². The zero-order valence-corrected chi connectivity index (χ0v) is 34.9. The molecule has 8 heteroatoms. The van der Waals surface area contributed by atoms with Crippen LogP contribution < -0.4 is 9.47 Å². The molecular weight excluding hydrogens is 745 g/mol. The third-order valence-corrected chi connectivity index (χ3v) is 10.3. The summed E-state index contributed by atoms with van der Waals surface area (Å²) in [5.74, 6) is 9.71. The first-order valence-electron chi connectivity index (χ1n) is 20.4. The first kappa shape index (κ1) is 41.5. The minimum absolute atomic E-state index is 0.0717. The smallest absolute Gasteiger partial charge is 0.254 e. The Morgan fingerprint density at radius 1 is 0.533 bits per heavy atom. The minimum Gasteiger partial charge on any atom is -0.457 e. The van der Waals surface area contributed by atoms with Crippen LogP contribution in [0.4, 0.5) is 0 Å². The van der Waals surface area contributed by atoms with Crippen LogP contribution in [-0.4, -0.2) is 72.7 Å². The number of nitrogens with zero attached hydrogens (tertiary/aromatic N) is 4. The standard InChI is InChI=1S/C26H28N2O2.C26H24N2O2/c2*1-27(2)16-6-7-20-12-15-25-22(17-20)19-28(26(25)29)18-21-10-13-24(14-11-21)30-23-8-4-3-5-9-23/h3-5,8-15,17H,6-7,16,18-19H2,1-2H3;3-5,8-15,17H,16,18-19H2,1-2H3. The van der Waals surface area contributed by atoms with E-state index in [2.05, 4.69) is 43.0 Å². The molecule has 0 atom stereocenters. The number of hydrogen-bond acceptors (Lipinski definition) is 6. The van der Waals surface area contributed by atoms with Crippen LogP contribution in [0.3, 0.4) is 0 Å². The van der Waals surface area contributed by atoms with Gasteiger partial charge in [0.1, 0.15) is 23.0 Å². The summed E-state index contributed by atoms with van der Waals surface area (Å²) in [6.07, 6.45) is 2.17. The highest BCUT2D eigenvalue weighted by Gasteiger charge is 2.28. The molecule has 304 valence electrons. The molecule has 0 spiro atoms. The van der Waals surface area contributed by atoms with E-state index in [-0.39, 0.29) is 11.8 Å². The van der Waals surface area contributed by atoms with E-state index < -0.39 is 0 Å². The maximum absolute atomic E-state index is 12.8. The first-order chi connectivity index (χ1) is 29.2. The van der Waals surface area contributed by atoms with Gasteiger partial charge in [-0.15, -0.1) is 0 Å². The molecule has 0 unspecified atom stereocenters. The summed E-state index contributed by atoms with van der Waals surface area (Å²) < 4.78 is 11.7. The van der Waals surface area contributed by atoms with Crippen LogP contribution in [0.1, 0.15) is 60.5 Å². The number of amides is 2. The molecule has 8 nitrogen and oxygen atoms in total. The second-order valence-corrected chi connectivity index (χ2v) is 15.8. The summed E-state index contributed by atoms with van der Waals surface area (Å²) in [5, 5.41) is 0. The average Bonchev–Trinajstić information content (AvgIpc) is 3.73. The molecule has 0 N–H and O–H groups in total. The molecule has 60 heavy (non-hydrogen) atoms. The Labute approximate surface area is 354 Å². The fraction of sp³-hybridized carbons (Fsp3) is 0.231. The molecule has 2 aliphatic heterocycles. The van der Waals surface area contributed by atoms with E-state index in [4.69, 9.17) is 9.47 Å². The van der Waals surface area contributed by atoms with Gasteiger partial charge in [0, 0.05) is 42.9 Å². The normalized spacial score (nSPS) is 12.8. The molecule has 0 aromatic heterocycles. The number of rotatable bonds is 13. The van der Waals surface area contributed by atoms with Gasteiger partial charge in [-0.05, 0) is 148 Å². The number of hydrogen-bond donors (Lipinski definition) is 0. The second kappa shape index (κ2) is 19.9. The molecular formula is C52H52N4O4. The fourth-order valence-corrected chi connectivity index (χ4v) is 7.22. The van der Waals surface area contributed by atoms with Gasteiger partial charge in [-0.3, -0.25) is 14.5 Å². The van der Waals surface area contributed by atoms with Gasteiger partial charge >= 0.3 is 0 Å². The van der Waals surface area contributed by atoms with Crippen molar-refractivity contribution in [3.8, 4) is 34.8 Å². The summed E-state index contributed by atoms with van der Waals surface area (Å²) in [4.78, 5) is 33.6. The zero-order valence-electron chi connectivity index (χ0n) is 34.9. The molecule has 0 radical (unpaired) electrons. The average molecular weight is 797 g/mol. The molecule has 6 aromatic rings. The Balaban J connectivity index is 0.000000181. The number of fused-ring (bicyclic) bond motifs is 2. The van der Waals surface area contributed by atoms with Crippen LogP contribution >= 0.6 is 0 Å². The topological polar surface area (TPSA) is 65.6 Å². The highest BCUT2D eigenvalue weighted by molar-refractivity contribution is 5.99. The van der Waals surface area contributed by atoms with E-state index in [0.717, 1.165) is 81.3 Å².